The van der Waals surface area contributed by atoms with Crippen molar-refractivity contribution >= 4 is 0 Å². The van der Waals surface area contributed by atoms with E-state index in [-0.39, 0.29) is 12.6 Å². The van der Waals surface area contributed by atoms with Crippen LogP contribution in [0, 0.1) is 0 Å². The second kappa shape index (κ2) is 8.10. The zero-order chi connectivity index (χ0) is 13.4. The van der Waals surface area contributed by atoms with E-state index in [2.05, 4.69) is 17.1 Å². The first-order chi connectivity index (χ1) is 8.61. The van der Waals surface area contributed by atoms with Crippen LogP contribution in [0.4, 0.5) is 8.78 Å². The lowest BCUT2D eigenvalue weighted by Crippen LogP contribution is -2.22. The van der Waals surface area contributed by atoms with Gasteiger partial charge in [0.1, 0.15) is 6.61 Å². The Morgan fingerprint density at radius 2 is 2.22 bits per heavy atom. The molecule has 0 amide bonds. The molecule has 104 valence electrons. The molecule has 0 fully saturated rings. The highest BCUT2D eigenvalue weighted by Crippen LogP contribution is 2.05. The zero-order valence-electron chi connectivity index (χ0n) is 10.4. The van der Waals surface area contributed by atoms with Gasteiger partial charge < -0.3 is 15.0 Å². The Morgan fingerprint density at radius 3 is 2.89 bits per heavy atom. The van der Waals surface area contributed by atoms with Crippen molar-refractivity contribution in [2.45, 2.75) is 45.1 Å². The van der Waals surface area contributed by atoms with Crippen molar-refractivity contribution in [1.29, 1.82) is 0 Å². The van der Waals surface area contributed by atoms with E-state index in [1.54, 1.807) is 0 Å². The molecule has 1 aromatic heterocycles. The number of alkyl halides is 2. The van der Waals surface area contributed by atoms with Gasteiger partial charge in [-0.2, -0.15) is 4.98 Å². The summed E-state index contributed by atoms with van der Waals surface area (Å²) in [6, 6.07) is 0.0124. The van der Waals surface area contributed by atoms with Gasteiger partial charge in [0, 0.05) is 18.9 Å². The average Bonchev–Trinajstić information content (AvgIpc) is 2.72. The molecule has 1 heterocycles. The van der Waals surface area contributed by atoms with Crippen molar-refractivity contribution < 1.29 is 18.0 Å². The molecule has 0 bridgehead atoms. The second-order valence-electron chi connectivity index (χ2n) is 4.07. The van der Waals surface area contributed by atoms with Crippen LogP contribution in [0.25, 0.3) is 0 Å². The van der Waals surface area contributed by atoms with E-state index in [1.165, 1.54) is 0 Å². The highest BCUT2D eigenvalue weighted by Gasteiger charge is 2.11. The van der Waals surface area contributed by atoms with Crippen LogP contribution >= 0.6 is 0 Å². The van der Waals surface area contributed by atoms with E-state index in [9.17, 15) is 8.78 Å². The molecule has 0 saturated heterocycles. The molecule has 2 N–H and O–H groups in total. The number of hydrogen-bond acceptors (Lipinski definition) is 5. The molecule has 0 aliphatic carbocycles. The van der Waals surface area contributed by atoms with Crippen LogP contribution in [0.5, 0.6) is 0 Å². The first kappa shape index (κ1) is 15.0. The zero-order valence-corrected chi connectivity index (χ0v) is 10.4. The number of nitrogens with zero attached hydrogens (tertiary/aromatic N) is 2. The monoisotopic (exact) mass is 263 g/mol. The van der Waals surface area contributed by atoms with Gasteiger partial charge in [0.05, 0.1) is 6.61 Å². The van der Waals surface area contributed by atoms with Crippen molar-refractivity contribution in [3.8, 4) is 0 Å². The number of ether oxygens (including phenoxy) is 1. The van der Waals surface area contributed by atoms with Gasteiger partial charge >= 0.3 is 0 Å². The van der Waals surface area contributed by atoms with E-state index in [0.717, 1.165) is 12.8 Å². The summed E-state index contributed by atoms with van der Waals surface area (Å²) in [7, 11) is 0. The molecule has 18 heavy (non-hydrogen) atoms. The molecule has 1 rings (SSSR count). The Hall–Kier alpha value is -1.08. The molecule has 0 aliphatic rings. The molecule has 5 nitrogen and oxygen atoms in total. The Morgan fingerprint density at radius 1 is 1.44 bits per heavy atom. The highest BCUT2D eigenvalue weighted by atomic mass is 19.3. The van der Waals surface area contributed by atoms with Crippen LogP contribution in [-0.2, 0) is 17.6 Å². The van der Waals surface area contributed by atoms with E-state index in [0.29, 0.717) is 24.6 Å². The van der Waals surface area contributed by atoms with Gasteiger partial charge in [-0.05, 0) is 6.42 Å². The van der Waals surface area contributed by atoms with Gasteiger partial charge in [0.15, 0.2) is 5.82 Å². The summed E-state index contributed by atoms with van der Waals surface area (Å²) in [5, 5.41) is 3.74. The Balaban J connectivity index is 2.25. The van der Waals surface area contributed by atoms with Gasteiger partial charge in [-0.3, -0.25) is 0 Å². The number of rotatable bonds is 9. The first-order valence-corrected chi connectivity index (χ1v) is 6.04. The number of halogens is 2. The van der Waals surface area contributed by atoms with E-state index < -0.39 is 13.0 Å². The minimum absolute atomic E-state index is 0.0124. The normalized spacial score (nSPS) is 13.2. The van der Waals surface area contributed by atoms with Gasteiger partial charge in [-0.1, -0.05) is 18.5 Å². The summed E-state index contributed by atoms with van der Waals surface area (Å²) in [5.41, 5.74) is 5.84. The molecule has 0 saturated carbocycles. The van der Waals surface area contributed by atoms with Crippen molar-refractivity contribution in [3.63, 3.8) is 0 Å². The van der Waals surface area contributed by atoms with E-state index in [1.807, 2.05) is 0 Å². The maximum Gasteiger partial charge on any atom is 0.261 e. The Kier molecular flexibility index (Phi) is 6.74. The van der Waals surface area contributed by atoms with E-state index >= 15 is 0 Å². The predicted molar refractivity (Wildman–Crippen MR) is 61.4 cm³/mol. The minimum atomic E-state index is -2.45. The fourth-order valence-electron chi connectivity index (χ4n) is 1.51. The summed E-state index contributed by atoms with van der Waals surface area (Å²) in [5.74, 6) is 0.947. The van der Waals surface area contributed by atoms with Gasteiger partial charge in [0.25, 0.3) is 6.43 Å². The number of hydrogen-bond donors (Lipinski definition) is 1. The fraction of sp³-hybridized carbons (Fsp3) is 0.818. The minimum Gasteiger partial charge on any atom is -0.375 e. The van der Waals surface area contributed by atoms with E-state index in [4.69, 9.17) is 15.0 Å². The third-order valence-corrected chi connectivity index (χ3v) is 2.32. The van der Waals surface area contributed by atoms with Crippen LogP contribution in [0.2, 0.25) is 0 Å². The van der Waals surface area contributed by atoms with Crippen molar-refractivity contribution in [2.24, 2.45) is 5.73 Å². The fourth-order valence-corrected chi connectivity index (χ4v) is 1.51. The number of nitrogens with two attached hydrogens (primary N) is 1. The van der Waals surface area contributed by atoms with Gasteiger partial charge in [0.2, 0.25) is 5.89 Å². The van der Waals surface area contributed by atoms with Crippen molar-refractivity contribution in [2.75, 3.05) is 13.2 Å². The summed E-state index contributed by atoms with van der Waals surface area (Å²) in [4.78, 5) is 4.12. The first-order valence-electron chi connectivity index (χ1n) is 6.04. The maximum atomic E-state index is 11.8. The Labute approximate surface area is 105 Å². The Bertz CT molecular complexity index is 334. The predicted octanol–water partition coefficient (Wildman–Crippen LogP) is 1.56. The largest absolute Gasteiger partial charge is 0.375 e. The summed E-state index contributed by atoms with van der Waals surface area (Å²) < 4.78 is 33.3. The lowest BCUT2D eigenvalue weighted by atomic mass is 10.1. The lowest BCUT2D eigenvalue weighted by molar-refractivity contribution is 0.0182. The smallest absolute Gasteiger partial charge is 0.261 e. The lowest BCUT2D eigenvalue weighted by Gasteiger charge is -2.05. The molecule has 7 heteroatoms. The molecular weight excluding hydrogens is 244 g/mol. The van der Waals surface area contributed by atoms with Gasteiger partial charge in [-0.25, -0.2) is 8.78 Å². The summed E-state index contributed by atoms with van der Waals surface area (Å²) in [6.45, 7) is 1.65. The third kappa shape index (κ3) is 6.02. The molecule has 0 radical (unpaired) electrons. The summed E-state index contributed by atoms with van der Waals surface area (Å²) in [6.07, 6.45) is 0.356. The van der Waals surface area contributed by atoms with Gasteiger partial charge in [-0.15, -0.1) is 0 Å². The quantitative estimate of drug-likeness (QED) is 0.684. The highest BCUT2D eigenvalue weighted by molar-refractivity contribution is 4.89. The van der Waals surface area contributed by atoms with Crippen LogP contribution in [0.3, 0.4) is 0 Å². The van der Waals surface area contributed by atoms with Crippen molar-refractivity contribution in [1.82, 2.24) is 10.1 Å². The SMILES string of the molecule is CCCC(N)Cc1nc(CCOCC(F)F)no1. The van der Waals surface area contributed by atoms with Crippen LogP contribution in [-0.4, -0.2) is 35.8 Å². The number of aromatic nitrogens is 2. The summed E-state index contributed by atoms with van der Waals surface area (Å²) >= 11 is 0. The molecule has 1 atom stereocenters. The second-order valence-corrected chi connectivity index (χ2v) is 4.07. The third-order valence-electron chi connectivity index (χ3n) is 2.32. The standard InChI is InChI=1S/C11H19F2N3O2/c1-2-3-8(14)6-11-15-10(16-18-11)4-5-17-7-9(12)13/h8-9H,2-7,14H2,1H3. The van der Waals surface area contributed by atoms with Crippen LogP contribution in [0.1, 0.15) is 31.5 Å². The molecule has 1 unspecified atom stereocenters. The molecule has 0 spiro atoms. The average molecular weight is 263 g/mol. The van der Waals surface area contributed by atoms with Crippen LogP contribution < -0.4 is 5.73 Å². The molecular formula is C11H19F2N3O2. The van der Waals surface area contributed by atoms with Crippen molar-refractivity contribution in [3.05, 3.63) is 11.7 Å². The molecule has 0 aliphatic heterocycles. The topological polar surface area (TPSA) is 74.2 Å². The molecule has 1 aromatic rings. The molecule has 0 aromatic carbocycles. The maximum absolute atomic E-state index is 11.8. The van der Waals surface area contributed by atoms with Crippen LogP contribution in [0.15, 0.2) is 4.52 Å².